The minimum absolute atomic E-state index is 0.167. The van der Waals surface area contributed by atoms with Gasteiger partial charge in [-0.1, -0.05) is 17.4 Å². The SMILES string of the molecule is COc1cc(/C=c2/sc3nc4cc(C)c(C)cc4n3c2=O)ccc1OCC(=O)Nc1ccc(OC(F)(F)F)cc1. The van der Waals surface area contributed by atoms with Crippen LogP contribution >= 0.6 is 11.3 Å². The molecule has 2 aromatic heterocycles. The molecule has 0 aliphatic carbocycles. The number of fused-ring (bicyclic) bond motifs is 3. The van der Waals surface area contributed by atoms with Crippen molar-refractivity contribution in [2.75, 3.05) is 19.0 Å². The zero-order valence-corrected chi connectivity index (χ0v) is 22.3. The molecule has 12 heteroatoms. The minimum atomic E-state index is -4.80. The van der Waals surface area contributed by atoms with Crippen LogP contribution in [0, 0.1) is 13.8 Å². The summed E-state index contributed by atoms with van der Waals surface area (Å²) in [6.45, 7) is 3.62. The Bertz CT molecular complexity index is 1850. The van der Waals surface area contributed by atoms with Crippen molar-refractivity contribution in [1.29, 1.82) is 0 Å². The summed E-state index contributed by atoms with van der Waals surface area (Å²) in [5.74, 6) is -0.287. The summed E-state index contributed by atoms with van der Waals surface area (Å²) in [7, 11) is 1.45. The van der Waals surface area contributed by atoms with E-state index >= 15 is 0 Å². The average molecular weight is 570 g/mol. The van der Waals surface area contributed by atoms with E-state index in [-0.39, 0.29) is 17.9 Å². The zero-order chi connectivity index (χ0) is 28.6. The fourth-order valence-corrected chi connectivity index (χ4v) is 5.03. The molecular formula is C28H22F3N3O5S. The van der Waals surface area contributed by atoms with Crippen LogP contribution in [0.1, 0.15) is 16.7 Å². The molecule has 0 radical (unpaired) electrons. The Kier molecular flexibility index (Phi) is 7.11. The Morgan fingerprint density at radius 1 is 1.05 bits per heavy atom. The molecule has 5 rings (SSSR count). The number of ether oxygens (including phenoxy) is 3. The average Bonchev–Trinajstić information content (AvgIpc) is 3.38. The molecule has 0 unspecified atom stereocenters. The normalized spacial score (nSPS) is 12.2. The Morgan fingerprint density at radius 3 is 2.48 bits per heavy atom. The number of aromatic nitrogens is 2. The van der Waals surface area contributed by atoms with Crippen LogP contribution in [0.3, 0.4) is 0 Å². The van der Waals surface area contributed by atoms with E-state index in [1.54, 1.807) is 28.7 Å². The fraction of sp³-hybridized carbons (Fsp3) is 0.179. The Labute approximate surface area is 229 Å². The first-order valence-corrected chi connectivity index (χ1v) is 12.7. The van der Waals surface area contributed by atoms with E-state index in [4.69, 9.17) is 9.47 Å². The number of thiazole rings is 1. The van der Waals surface area contributed by atoms with E-state index in [9.17, 15) is 22.8 Å². The number of aryl methyl sites for hydroxylation is 2. The van der Waals surface area contributed by atoms with E-state index < -0.39 is 18.0 Å². The lowest BCUT2D eigenvalue weighted by molar-refractivity contribution is -0.274. The lowest BCUT2D eigenvalue weighted by atomic mass is 10.1. The summed E-state index contributed by atoms with van der Waals surface area (Å²) < 4.78 is 53.8. The van der Waals surface area contributed by atoms with Crippen molar-refractivity contribution < 1.29 is 32.2 Å². The second kappa shape index (κ2) is 10.5. The van der Waals surface area contributed by atoms with E-state index in [1.165, 1.54) is 30.6 Å². The number of carbonyl (C=O) groups excluding carboxylic acids is 1. The predicted molar refractivity (Wildman–Crippen MR) is 145 cm³/mol. The second-order valence-corrected chi connectivity index (χ2v) is 9.90. The van der Waals surface area contributed by atoms with Gasteiger partial charge in [0.05, 0.1) is 22.7 Å². The van der Waals surface area contributed by atoms with Crippen LogP contribution < -0.4 is 29.6 Å². The number of carbonyl (C=O) groups is 1. The Hall–Kier alpha value is -4.58. The van der Waals surface area contributed by atoms with Crippen molar-refractivity contribution in [3.8, 4) is 17.2 Å². The van der Waals surface area contributed by atoms with Gasteiger partial charge in [0, 0.05) is 5.69 Å². The van der Waals surface area contributed by atoms with Crippen LogP contribution in [0.4, 0.5) is 18.9 Å². The van der Waals surface area contributed by atoms with Gasteiger partial charge in [-0.05, 0) is 85.1 Å². The monoisotopic (exact) mass is 569 g/mol. The van der Waals surface area contributed by atoms with Crippen molar-refractivity contribution in [1.82, 2.24) is 9.38 Å². The first-order chi connectivity index (χ1) is 19.0. The van der Waals surface area contributed by atoms with Gasteiger partial charge >= 0.3 is 6.36 Å². The van der Waals surface area contributed by atoms with Gasteiger partial charge in [0.25, 0.3) is 11.5 Å². The van der Waals surface area contributed by atoms with Crippen molar-refractivity contribution >= 4 is 45.0 Å². The highest BCUT2D eigenvalue weighted by Gasteiger charge is 2.31. The number of nitrogens with zero attached hydrogens (tertiary/aromatic N) is 2. The van der Waals surface area contributed by atoms with E-state index in [1.807, 2.05) is 26.0 Å². The molecule has 1 amide bonds. The third-order valence-corrected chi connectivity index (χ3v) is 7.04. The molecule has 0 atom stereocenters. The van der Waals surface area contributed by atoms with Gasteiger partial charge in [-0.2, -0.15) is 0 Å². The Morgan fingerprint density at radius 2 is 1.77 bits per heavy atom. The van der Waals surface area contributed by atoms with Crippen LogP contribution in [-0.4, -0.2) is 35.4 Å². The van der Waals surface area contributed by atoms with Crippen molar-refractivity contribution in [3.63, 3.8) is 0 Å². The topological polar surface area (TPSA) is 91.2 Å². The number of anilines is 1. The number of imidazole rings is 1. The highest BCUT2D eigenvalue weighted by Crippen LogP contribution is 2.29. The van der Waals surface area contributed by atoms with Crippen molar-refractivity contribution in [2.45, 2.75) is 20.2 Å². The number of methoxy groups -OCH3 is 1. The lowest BCUT2D eigenvalue weighted by Gasteiger charge is -2.12. The Balaban J connectivity index is 1.30. The minimum Gasteiger partial charge on any atom is -0.493 e. The number of benzene rings is 3. The maximum atomic E-state index is 13.2. The molecule has 0 saturated carbocycles. The van der Waals surface area contributed by atoms with Crippen molar-refractivity contribution in [2.24, 2.45) is 0 Å². The van der Waals surface area contributed by atoms with Gasteiger partial charge in [0.15, 0.2) is 23.1 Å². The van der Waals surface area contributed by atoms with Crippen molar-refractivity contribution in [3.05, 3.63) is 86.2 Å². The first kappa shape index (κ1) is 27.0. The molecule has 0 bridgehead atoms. The zero-order valence-electron chi connectivity index (χ0n) is 21.5. The fourth-order valence-electron chi connectivity index (χ4n) is 4.04. The highest BCUT2D eigenvalue weighted by atomic mass is 32.1. The molecule has 5 aromatic rings. The van der Waals surface area contributed by atoms with E-state index in [0.717, 1.165) is 34.3 Å². The second-order valence-electron chi connectivity index (χ2n) is 8.89. The molecule has 0 fully saturated rings. The van der Waals surface area contributed by atoms with Gasteiger partial charge in [0.2, 0.25) is 0 Å². The third-order valence-electron chi connectivity index (χ3n) is 6.07. The van der Waals surface area contributed by atoms with Gasteiger partial charge < -0.3 is 19.5 Å². The third kappa shape index (κ3) is 5.71. The number of nitrogens with one attached hydrogen (secondary N) is 1. The largest absolute Gasteiger partial charge is 0.573 e. The number of hydrogen-bond acceptors (Lipinski definition) is 7. The molecule has 0 spiro atoms. The molecule has 3 aromatic carbocycles. The molecule has 206 valence electrons. The molecule has 2 heterocycles. The summed E-state index contributed by atoms with van der Waals surface area (Å²) in [5.41, 5.74) is 4.52. The quantitative estimate of drug-likeness (QED) is 0.297. The summed E-state index contributed by atoms with van der Waals surface area (Å²) in [5, 5.41) is 2.53. The smallest absolute Gasteiger partial charge is 0.493 e. The first-order valence-electron chi connectivity index (χ1n) is 11.9. The van der Waals surface area contributed by atoms with Gasteiger partial charge in [-0.25, -0.2) is 9.38 Å². The number of alkyl halides is 3. The van der Waals surface area contributed by atoms with Gasteiger partial charge in [-0.3, -0.25) is 9.59 Å². The van der Waals surface area contributed by atoms with E-state index in [0.29, 0.717) is 26.6 Å². The number of hydrogen-bond donors (Lipinski definition) is 1. The molecular weight excluding hydrogens is 547 g/mol. The van der Waals surface area contributed by atoms with Gasteiger partial charge in [0.1, 0.15) is 5.75 Å². The standard InChI is InChI=1S/C28H22F3N3O5S/c1-15-10-20-21(11-16(15)2)34-26(36)24(40-27(34)33-20)13-17-4-9-22(23(12-17)37-3)38-14-25(35)32-18-5-7-19(8-6-18)39-28(29,30)31/h4-13H,14H2,1-3H3,(H,32,35)/b24-13+. The molecule has 8 nitrogen and oxygen atoms in total. The van der Waals surface area contributed by atoms with Crippen LogP contribution in [0.2, 0.25) is 0 Å². The molecule has 0 saturated heterocycles. The van der Waals surface area contributed by atoms with E-state index in [2.05, 4.69) is 15.0 Å². The summed E-state index contributed by atoms with van der Waals surface area (Å²) >= 11 is 1.29. The lowest BCUT2D eigenvalue weighted by Crippen LogP contribution is -2.22. The van der Waals surface area contributed by atoms with Crippen LogP contribution in [0.15, 0.2) is 59.4 Å². The predicted octanol–water partition coefficient (Wildman–Crippen LogP) is 5.00. The molecule has 1 N–H and O–H groups in total. The maximum absolute atomic E-state index is 13.2. The molecule has 0 aliphatic rings. The van der Waals surface area contributed by atoms with Crippen LogP contribution in [0.25, 0.3) is 22.1 Å². The number of amides is 1. The number of rotatable bonds is 7. The summed E-state index contributed by atoms with van der Waals surface area (Å²) in [4.78, 5) is 30.7. The summed E-state index contributed by atoms with van der Waals surface area (Å²) in [6, 6.07) is 13.7. The van der Waals surface area contributed by atoms with Gasteiger partial charge in [-0.15, -0.1) is 13.2 Å². The number of halogens is 3. The molecule has 0 aliphatic heterocycles. The molecule has 40 heavy (non-hydrogen) atoms. The highest BCUT2D eigenvalue weighted by molar-refractivity contribution is 7.15. The van der Waals surface area contributed by atoms with Crippen LogP contribution in [0.5, 0.6) is 17.2 Å². The maximum Gasteiger partial charge on any atom is 0.573 e. The summed E-state index contributed by atoms with van der Waals surface area (Å²) in [6.07, 6.45) is -3.06. The van der Waals surface area contributed by atoms with Crippen LogP contribution in [-0.2, 0) is 4.79 Å².